The Morgan fingerprint density at radius 3 is 2.45 bits per heavy atom. The smallest absolute Gasteiger partial charge is 0.212 e. The number of fused-ring (bicyclic) bond motifs is 1. The van der Waals surface area contributed by atoms with Gasteiger partial charge in [0.15, 0.2) is 6.67 Å². The molecule has 0 aliphatic rings. The SMILES string of the molecule is Cc1cccc2nc(C(=O)CF)c(C(C)(C)C)c(C)c12. The molecule has 0 saturated carbocycles. The zero-order chi connectivity index (χ0) is 15.1. The Morgan fingerprint density at radius 1 is 1.25 bits per heavy atom. The molecule has 0 bridgehead atoms. The van der Waals surface area contributed by atoms with Crippen molar-refractivity contribution in [2.45, 2.75) is 40.0 Å². The summed E-state index contributed by atoms with van der Waals surface area (Å²) >= 11 is 0. The van der Waals surface area contributed by atoms with Crippen LogP contribution in [0, 0.1) is 13.8 Å². The standard InChI is InChI=1S/C17H20FNO/c1-10-7-6-8-12-14(10)11(2)15(17(3,4)5)16(19-12)13(20)9-18/h6-8H,9H2,1-5H3. The Bertz CT molecular complexity index is 683. The number of aryl methyl sites for hydroxylation is 2. The highest BCUT2D eigenvalue weighted by Crippen LogP contribution is 2.34. The summed E-state index contributed by atoms with van der Waals surface area (Å²) in [4.78, 5) is 16.4. The molecule has 0 aliphatic heterocycles. The topological polar surface area (TPSA) is 30.0 Å². The predicted octanol–water partition coefficient (Wildman–Crippen LogP) is 4.30. The zero-order valence-electron chi connectivity index (χ0n) is 12.7. The third kappa shape index (κ3) is 2.33. The Balaban J connectivity index is 2.95. The molecular formula is C17H20FNO. The second-order valence-electron chi connectivity index (χ2n) is 6.24. The molecule has 3 heteroatoms. The molecule has 0 N–H and O–H groups in total. The van der Waals surface area contributed by atoms with Gasteiger partial charge in [0.05, 0.1) is 5.52 Å². The lowest BCUT2D eigenvalue weighted by Crippen LogP contribution is -2.21. The van der Waals surface area contributed by atoms with Crippen LogP contribution < -0.4 is 0 Å². The maximum absolute atomic E-state index is 12.9. The van der Waals surface area contributed by atoms with Crippen LogP contribution in [0.4, 0.5) is 4.39 Å². The van der Waals surface area contributed by atoms with Crippen LogP contribution in [0.3, 0.4) is 0 Å². The average Bonchev–Trinajstić information content (AvgIpc) is 2.35. The average molecular weight is 273 g/mol. The van der Waals surface area contributed by atoms with Crippen LogP contribution in [0.15, 0.2) is 18.2 Å². The van der Waals surface area contributed by atoms with Gasteiger partial charge in [-0.3, -0.25) is 4.79 Å². The highest BCUT2D eigenvalue weighted by molar-refractivity contribution is 6.00. The Kier molecular flexibility index (Phi) is 3.63. The summed E-state index contributed by atoms with van der Waals surface area (Å²) in [6, 6.07) is 5.81. The number of Topliss-reactive ketones (excluding diaryl/α,β-unsaturated/α-hetero) is 1. The Morgan fingerprint density at radius 2 is 1.90 bits per heavy atom. The van der Waals surface area contributed by atoms with E-state index in [0.29, 0.717) is 0 Å². The molecule has 0 unspecified atom stereocenters. The predicted molar refractivity (Wildman–Crippen MR) is 80.2 cm³/mol. The number of aromatic nitrogens is 1. The second kappa shape index (κ2) is 4.97. The lowest BCUT2D eigenvalue weighted by atomic mass is 9.80. The van der Waals surface area contributed by atoms with Gasteiger partial charge in [0.1, 0.15) is 5.69 Å². The van der Waals surface area contributed by atoms with Crippen molar-refractivity contribution in [2.75, 3.05) is 6.67 Å². The molecule has 20 heavy (non-hydrogen) atoms. The van der Waals surface area contributed by atoms with Gasteiger partial charge in [0.25, 0.3) is 0 Å². The van der Waals surface area contributed by atoms with Gasteiger partial charge in [-0.05, 0) is 42.0 Å². The van der Waals surface area contributed by atoms with Gasteiger partial charge in [0.2, 0.25) is 5.78 Å². The summed E-state index contributed by atoms with van der Waals surface area (Å²) in [6.07, 6.45) is 0. The maximum atomic E-state index is 12.9. The van der Waals surface area contributed by atoms with Crippen molar-refractivity contribution in [1.29, 1.82) is 0 Å². The fraction of sp³-hybridized carbons (Fsp3) is 0.412. The summed E-state index contributed by atoms with van der Waals surface area (Å²) in [5.41, 5.74) is 3.77. The van der Waals surface area contributed by atoms with E-state index < -0.39 is 12.5 Å². The van der Waals surface area contributed by atoms with E-state index in [4.69, 9.17) is 0 Å². The number of nitrogens with zero attached hydrogens (tertiary/aromatic N) is 1. The van der Waals surface area contributed by atoms with E-state index in [0.717, 1.165) is 27.6 Å². The lowest BCUT2D eigenvalue weighted by molar-refractivity contribution is 0.0951. The number of ketones is 1. The molecule has 0 spiro atoms. The summed E-state index contributed by atoms with van der Waals surface area (Å²) < 4.78 is 12.9. The van der Waals surface area contributed by atoms with E-state index in [1.165, 1.54) is 0 Å². The molecule has 0 amide bonds. The van der Waals surface area contributed by atoms with Crippen molar-refractivity contribution < 1.29 is 9.18 Å². The van der Waals surface area contributed by atoms with Crippen LogP contribution in [0.1, 0.15) is 48.0 Å². The number of benzene rings is 1. The van der Waals surface area contributed by atoms with Crippen molar-refractivity contribution in [3.63, 3.8) is 0 Å². The van der Waals surface area contributed by atoms with E-state index in [2.05, 4.69) is 4.98 Å². The van der Waals surface area contributed by atoms with Crippen LogP contribution in [0.25, 0.3) is 10.9 Å². The molecule has 0 saturated heterocycles. The van der Waals surface area contributed by atoms with Crippen LogP contribution >= 0.6 is 0 Å². The van der Waals surface area contributed by atoms with Gasteiger partial charge in [-0.1, -0.05) is 32.9 Å². The summed E-state index contributed by atoms with van der Waals surface area (Å²) in [5, 5.41) is 1.06. The Labute approximate surface area is 119 Å². The van der Waals surface area contributed by atoms with Crippen LogP contribution in [0.5, 0.6) is 0 Å². The molecule has 0 radical (unpaired) electrons. The first kappa shape index (κ1) is 14.6. The summed E-state index contributed by atoms with van der Waals surface area (Å²) in [6.45, 7) is 9.09. The lowest BCUT2D eigenvalue weighted by Gasteiger charge is -2.25. The van der Waals surface area contributed by atoms with Crippen LogP contribution in [-0.2, 0) is 5.41 Å². The quantitative estimate of drug-likeness (QED) is 0.763. The largest absolute Gasteiger partial charge is 0.289 e. The molecule has 0 aliphatic carbocycles. The molecule has 2 aromatic rings. The van der Waals surface area contributed by atoms with Gasteiger partial charge in [-0.25, -0.2) is 9.37 Å². The monoisotopic (exact) mass is 273 g/mol. The van der Waals surface area contributed by atoms with Crippen molar-refractivity contribution in [3.8, 4) is 0 Å². The van der Waals surface area contributed by atoms with E-state index >= 15 is 0 Å². The normalized spacial score (nSPS) is 11.9. The minimum Gasteiger partial charge on any atom is -0.289 e. The fourth-order valence-corrected chi connectivity index (χ4v) is 2.90. The number of rotatable bonds is 2. The van der Waals surface area contributed by atoms with Crippen LogP contribution in [-0.4, -0.2) is 17.4 Å². The van der Waals surface area contributed by atoms with Gasteiger partial charge >= 0.3 is 0 Å². The van der Waals surface area contributed by atoms with Gasteiger partial charge < -0.3 is 0 Å². The van der Waals surface area contributed by atoms with Crippen LogP contribution in [0.2, 0.25) is 0 Å². The second-order valence-corrected chi connectivity index (χ2v) is 6.24. The van der Waals surface area contributed by atoms with Gasteiger partial charge in [0, 0.05) is 5.39 Å². The third-order valence-electron chi connectivity index (χ3n) is 3.61. The molecule has 0 atom stereocenters. The molecule has 2 rings (SSSR count). The summed E-state index contributed by atoms with van der Waals surface area (Å²) in [5.74, 6) is -0.540. The van der Waals surface area contributed by atoms with Crippen molar-refractivity contribution in [2.24, 2.45) is 0 Å². The first-order valence-corrected chi connectivity index (χ1v) is 6.77. The Hall–Kier alpha value is -1.77. The van der Waals surface area contributed by atoms with Crippen molar-refractivity contribution >= 4 is 16.7 Å². The number of hydrogen-bond acceptors (Lipinski definition) is 2. The van der Waals surface area contributed by atoms with Crippen molar-refractivity contribution in [3.05, 3.63) is 40.6 Å². The minimum absolute atomic E-state index is 0.256. The van der Waals surface area contributed by atoms with E-state index in [1.807, 2.05) is 52.8 Å². The molecule has 106 valence electrons. The van der Waals surface area contributed by atoms with E-state index in [9.17, 15) is 9.18 Å². The highest BCUT2D eigenvalue weighted by atomic mass is 19.1. The molecule has 0 fully saturated rings. The zero-order valence-corrected chi connectivity index (χ0v) is 12.7. The molecule has 1 heterocycles. The van der Waals surface area contributed by atoms with Gasteiger partial charge in [-0.2, -0.15) is 0 Å². The number of hydrogen-bond donors (Lipinski definition) is 0. The number of carbonyl (C=O) groups is 1. The number of halogens is 1. The number of carbonyl (C=O) groups excluding carboxylic acids is 1. The molecule has 2 nitrogen and oxygen atoms in total. The van der Waals surface area contributed by atoms with E-state index in [-0.39, 0.29) is 11.1 Å². The van der Waals surface area contributed by atoms with E-state index in [1.54, 1.807) is 0 Å². The first-order valence-electron chi connectivity index (χ1n) is 6.77. The summed E-state index contributed by atoms with van der Waals surface area (Å²) in [7, 11) is 0. The highest BCUT2D eigenvalue weighted by Gasteiger charge is 2.27. The van der Waals surface area contributed by atoms with Gasteiger partial charge in [-0.15, -0.1) is 0 Å². The fourth-order valence-electron chi connectivity index (χ4n) is 2.90. The van der Waals surface area contributed by atoms with Crippen molar-refractivity contribution in [1.82, 2.24) is 4.98 Å². The maximum Gasteiger partial charge on any atom is 0.212 e. The minimum atomic E-state index is -1.01. The number of pyridine rings is 1. The molecule has 1 aromatic heterocycles. The third-order valence-corrected chi connectivity index (χ3v) is 3.61. The molecular weight excluding hydrogens is 253 g/mol. The molecule has 1 aromatic carbocycles. The number of alkyl halides is 1. The first-order chi connectivity index (χ1) is 9.27.